The molecule has 0 radical (unpaired) electrons. The highest BCUT2D eigenvalue weighted by molar-refractivity contribution is 5.93. The fraction of sp³-hybridized carbons (Fsp3) is 0.333. The maximum Gasteiger partial charge on any atom is 0.416 e. The first-order valence-corrected chi connectivity index (χ1v) is 8.43. The predicted octanol–water partition coefficient (Wildman–Crippen LogP) is 2.98. The molecule has 26 heavy (non-hydrogen) atoms. The number of hydrogen-bond donors (Lipinski definition) is 1. The molecule has 4 rings (SSSR count). The maximum absolute atomic E-state index is 13.0. The van der Waals surface area contributed by atoms with Gasteiger partial charge in [-0.05, 0) is 18.2 Å². The van der Waals surface area contributed by atoms with Crippen LogP contribution >= 0.6 is 0 Å². The molecule has 0 atom stereocenters. The third-order valence-electron chi connectivity index (χ3n) is 4.59. The lowest BCUT2D eigenvalue weighted by atomic mass is 10.1. The predicted molar refractivity (Wildman–Crippen MR) is 92.4 cm³/mol. The minimum atomic E-state index is -4.39. The van der Waals surface area contributed by atoms with E-state index in [1.807, 2.05) is 16.8 Å². The summed E-state index contributed by atoms with van der Waals surface area (Å²) in [6, 6.07) is 7.61. The Morgan fingerprint density at radius 1 is 1.12 bits per heavy atom. The topological polar surface area (TPSA) is 46.0 Å². The van der Waals surface area contributed by atoms with Crippen LogP contribution in [0.15, 0.2) is 42.7 Å². The quantitative estimate of drug-likeness (QED) is 0.779. The normalized spacial score (nSPS) is 16.3. The molecule has 1 saturated heterocycles. The molecule has 1 fully saturated rings. The number of nitrogens with one attached hydrogen (secondary N) is 1. The number of piperazine rings is 1. The van der Waals surface area contributed by atoms with Crippen LogP contribution in [-0.2, 0) is 12.8 Å². The van der Waals surface area contributed by atoms with E-state index in [2.05, 4.69) is 20.3 Å². The lowest BCUT2D eigenvalue weighted by Gasteiger charge is -2.27. The van der Waals surface area contributed by atoms with Crippen molar-refractivity contribution in [1.29, 1.82) is 0 Å². The number of rotatable bonds is 3. The second-order valence-electron chi connectivity index (χ2n) is 6.32. The minimum absolute atomic E-state index is 0.298. The standard InChI is InChI=1S/C18H18F3N5/c19-18(20,21)13-4-5-23-16(10-13)14-2-1-3-17-15(14)11-24-26(17)12-25-8-6-22-7-9-25/h1-5,10-11,22H,6-9,12H2. The molecule has 0 bridgehead atoms. The Morgan fingerprint density at radius 3 is 2.69 bits per heavy atom. The number of nitrogens with zero attached hydrogens (tertiary/aromatic N) is 4. The second kappa shape index (κ2) is 6.69. The first-order chi connectivity index (χ1) is 12.5. The van der Waals surface area contributed by atoms with Crippen molar-refractivity contribution in [1.82, 2.24) is 25.0 Å². The highest BCUT2D eigenvalue weighted by Crippen LogP contribution is 2.33. The van der Waals surface area contributed by atoms with Crippen molar-refractivity contribution in [3.8, 4) is 11.3 Å². The monoisotopic (exact) mass is 361 g/mol. The third-order valence-corrected chi connectivity index (χ3v) is 4.59. The molecule has 0 unspecified atom stereocenters. The number of halogens is 3. The molecule has 1 aliphatic heterocycles. The van der Waals surface area contributed by atoms with Gasteiger partial charge >= 0.3 is 6.18 Å². The van der Waals surface area contributed by atoms with E-state index in [1.54, 1.807) is 12.3 Å². The van der Waals surface area contributed by atoms with Crippen LogP contribution in [0.3, 0.4) is 0 Å². The lowest BCUT2D eigenvalue weighted by Crippen LogP contribution is -2.44. The summed E-state index contributed by atoms with van der Waals surface area (Å²) in [4.78, 5) is 6.43. The van der Waals surface area contributed by atoms with Gasteiger partial charge in [0.05, 0.1) is 29.6 Å². The average Bonchev–Trinajstić information content (AvgIpc) is 3.05. The number of aromatic nitrogens is 3. The van der Waals surface area contributed by atoms with Gasteiger partial charge in [0, 0.05) is 43.3 Å². The molecule has 2 aromatic heterocycles. The molecule has 1 aliphatic rings. The van der Waals surface area contributed by atoms with E-state index in [1.165, 1.54) is 6.20 Å². The Balaban J connectivity index is 1.71. The van der Waals surface area contributed by atoms with Crippen molar-refractivity contribution < 1.29 is 13.2 Å². The molecule has 3 heterocycles. The molecular weight excluding hydrogens is 343 g/mol. The van der Waals surface area contributed by atoms with E-state index in [0.29, 0.717) is 17.9 Å². The Hall–Kier alpha value is -2.45. The second-order valence-corrected chi connectivity index (χ2v) is 6.32. The fourth-order valence-electron chi connectivity index (χ4n) is 3.24. The molecule has 136 valence electrons. The highest BCUT2D eigenvalue weighted by atomic mass is 19.4. The summed E-state index contributed by atoms with van der Waals surface area (Å²) < 4.78 is 40.9. The van der Waals surface area contributed by atoms with E-state index in [0.717, 1.165) is 49.2 Å². The molecule has 0 spiro atoms. The van der Waals surface area contributed by atoms with Gasteiger partial charge < -0.3 is 5.32 Å². The summed E-state index contributed by atoms with van der Waals surface area (Å²) in [5.74, 6) is 0. The fourth-order valence-corrected chi connectivity index (χ4v) is 3.24. The zero-order valence-electron chi connectivity index (χ0n) is 14.0. The first-order valence-electron chi connectivity index (χ1n) is 8.43. The van der Waals surface area contributed by atoms with E-state index in [-0.39, 0.29) is 0 Å². The number of alkyl halides is 3. The number of pyridine rings is 1. The van der Waals surface area contributed by atoms with E-state index >= 15 is 0 Å². The van der Waals surface area contributed by atoms with Crippen molar-refractivity contribution >= 4 is 10.9 Å². The number of benzene rings is 1. The van der Waals surface area contributed by atoms with Gasteiger partial charge in [-0.15, -0.1) is 0 Å². The van der Waals surface area contributed by atoms with Gasteiger partial charge in [-0.3, -0.25) is 14.6 Å². The van der Waals surface area contributed by atoms with Crippen LogP contribution in [-0.4, -0.2) is 45.8 Å². The van der Waals surface area contributed by atoms with Gasteiger partial charge in [-0.2, -0.15) is 18.3 Å². The van der Waals surface area contributed by atoms with Crippen molar-refractivity contribution in [2.45, 2.75) is 12.8 Å². The Labute approximate surface area is 148 Å². The molecule has 0 aliphatic carbocycles. The summed E-state index contributed by atoms with van der Waals surface area (Å²) in [6.07, 6.45) is -1.49. The van der Waals surface area contributed by atoms with Gasteiger partial charge in [0.1, 0.15) is 0 Å². The minimum Gasteiger partial charge on any atom is -0.314 e. The van der Waals surface area contributed by atoms with Crippen LogP contribution in [0.25, 0.3) is 22.2 Å². The Bertz CT molecular complexity index is 913. The van der Waals surface area contributed by atoms with E-state index in [9.17, 15) is 13.2 Å². The summed E-state index contributed by atoms with van der Waals surface area (Å²) in [5, 5.41) is 8.56. The molecule has 8 heteroatoms. The lowest BCUT2D eigenvalue weighted by molar-refractivity contribution is -0.137. The smallest absolute Gasteiger partial charge is 0.314 e. The number of hydrogen-bond acceptors (Lipinski definition) is 4. The molecule has 1 N–H and O–H groups in total. The molecule has 0 amide bonds. The molecule has 0 saturated carbocycles. The summed E-state index contributed by atoms with van der Waals surface area (Å²) >= 11 is 0. The van der Waals surface area contributed by atoms with Gasteiger partial charge in [0.25, 0.3) is 0 Å². The van der Waals surface area contributed by atoms with Gasteiger partial charge in [0.15, 0.2) is 0 Å². The Kier molecular flexibility index (Phi) is 4.37. The highest BCUT2D eigenvalue weighted by Gasteiger charge is 2.31. The van der Waals surface area contributed by atoms with Crippen LogP contribution in [0, 0.1) is 0 Å². The van der Waals surface area contributed by atoms with Crippen molar-refractivity contribution in [2.24, 2.45) is 0 Å². The van der Waals surface area contributed by atoms with E-state index in [4.69, 9.17) is 0 Å². The largest absolute Gasteiger partial charge is 0.416 e. The maximum atomic E-state index is 13.0. The first kappa shape index (κ1) is 17.0. The van der Waals surface area contributed by atoms with Gasteiger partial charge in [0.2, 0.25) is 0 Å². The van der Waals surface area contributed by atoms with Crippen LogP contribution in [0.4, 0.5) is 13.2 Å². The Morgan fingerprint density at radius 2 is 1.92 bits per heavy atom. The summed E-state index contributed by atoms with van der Waals surface area (Å²) in [6.45, 7) is 4.42. The van der Waals surface area contributed by atoms with Crippen LogP contribution in [0.1, 0.15) is 5.56 Å². The third kappa shape index (κ3) is 3.30. The summed E-state index contributed by atoms with van der Waals surface area (Å²) in [5.41, 5.74) is 1.14. The van der Waals surface area contributed by atoms with Crippen molar-refractivity contribution in [3.63, 3.8) is 0 Å². The van der Waals surface area contributed by atoms with Crippen LogP contribution in [0.2, 0.25) is 0 Å². The molecule has 3 aromatic rings. The van der Waals surface area contributed by atoms with Crippen LogP contribution < -0.4 is 5.32 Å². The molecular formula is C18H18F3N5. The summed E-state index contributed by atoms with van der Waals surface area (Å²) in [7, 11) is 0. The van der Waals surface area contributed by atoms with Gasteiger partial charge in [-0.1, -0.05) is 12.1 Å². The van der Waals surface area contributed by atoms with Gasteiger partial charge in [-0.25, -0.2) is 0 Å². The zero-order valence-corrected chi connectivity index (χ0v) is 14.0. The molecule has 5 nitrogen and oxygen atoms in total. The van der Waals surface area contributed by atoms with E-state index < -0.39 is 11.7 Å². The van der Waals surface area contributed by atoms with Crippen molar-refractivity contribution in [2.75, 3.05) is 26.2 Å². The SMILES string of the molecule is FC(F)(F)c1ccnc(-c2cccc3c2cnn3CN2CCNCC2)c1. The average molecular weight is 361 g/mol. The van der Waals surface area contributed by atoms with Crippen LogP contribution in [0.5, 0.6) is 0 Å². The number of fused-ring (bicyclic) bond motifs is 1. The molecule has 1 aromatic carbocycles. The zero-order chi connectivity index (χ0) is 18.1. The van der Waals surface area contributed by atoms with Crippen molar-refractivity contribution in [3.05, 3.63) is 48.3 Å².